The molecule has 0 bridgehead atoms. The van der Waals surface area contributed by atoms with Crippen LogP contribution in [0.15, 0.2) is 12.4 Å². The predicted molar refractivity (Wildman–Crippen MR) is 83.0 cm³/mol. The lowest BCUT2D eigenvalue weighted by molar-refractivity contribution is -0.244. The second-order valence-corrected chi connectivity index (χ2v) is 6.80. The van der Waals surface area contributed by atoms with Crippen molar-refractivity contribution in [2.75, 3.05) is 19.7 Å². The van der Waals surface area contributed by atoms with E-state index < -0.39 is 17.3 Å². The predicted octanol–water partition coefficient (Wildman–Crippen LogP) is 0.410. The second kappa shape index (κ2) is 5.89. The summed E-state index contributed by atoms with van der Waals surface area (Å²) in [6.07, 6.45) is 3.89. The lowest BCUT2D eigenvalue weighted by Crippen LogP contribution is -2.64. The maximum Gasteiger partial charge on any atom is 0.257 e. The van der Waals surface area contributed by atoms with Crippen LogP contribution in [-0.2, 0) is 11.3 Å². The van der Waals surface area contributed by atoms with Gasteiger partial charge in [0.15, 0.2) is 0 Å². The van der Waals surface area contributed by atoms with Crippen molar-refractivity contribution in [3.05, 3.63) is 18.0 Å². The van der Waals surface area contributed by atoms with Crippen LogP contribution in [0.2, 0.25) is 0 Å². The summed E-state index contributed by atoms with van der Waals surface area (Å²) >= 11 is 0. The molecule has 7 heteroatoms. The smallest absolute Gasteiger partial charge is 0.257 e. The Bertz CT molecular complexity index is 576. The summed E-state index contributed by atoms with van der Waals surface area (Å²) in [5.74, 6) is -0.0448. The van der Waals surface area contributed by atoms with Gasteiger partial charge < -0.3 is 19.8 Å². The van der Waals surface area contributed by atoms with Gasteiger partial charge in [-0.1, -0.05) is 0 Å². The highest BCUT2D eigenvalue weighted by Crippen LogP contribution is 2.39. The molecule has 128 valence electrons. The van der Waals surface area contributed by atoms with Gasteiger partial charge in [-0.3, -0.25) is 9.48 Å². The number of aliphatic hydroxyl groups excluding tert-OH is 1. The maximum atomic E-state index is 12.5. The number of aryl methyl sites for hydroxylation is 1. The minimum atomic E-state index is -1.13. The quantitative estimate of drug-likeness (QED) is 0.823. The summed E-state index contributed by atoms with van der Waals surface area (Å²) in [6.45, 7) is 5.79. The van der Waals surface area contributed by atoms with Gasteiger partial charge in [0.2, 0.25) is 0 Å². The number of aromatic nitrogens is 2. The van der Waals surface area contributed by atoms with Crippen molar-refractivity contribution in [1.82, 2.24) is 14.7 Å². The van der Waals surface area contributed by atoms with Gasteiger partial charge in [0.05, 0.1) is 24.0 Å². The van der Waals surface area contributed by atoms with Crippen LogP contribution < -0.4 is 0 Å². The first-order valence-electron chi connectivity index (χ1n) is 8.24. The van der Waals surface area contributed by atoms with Crippen molar-refractivity contribution in [1.29, 1.82) is 0 Å². The molecule has 2 N–H and O–H groups in total. The zero-order valence-electron chi connectivity index (χ0n) is 13.7. The van der Waals surface area contributed by atoms with Crippen molar-refractivity contribution in [3.8, 4) is 0 Å². The Morgan fingerprint density at radius 1 is 1.43 bits per heavy atom. The first-order chi connectivity index (χ1) is 10.9. The van der Waals surface area contributed by atoms with E-state index in [1.54, 1.807) is 28.9 Å². The standard InChI is InChI=1S/C16H25N3O4/c1-3-19-11-12(10-17-19)13(20)18-7-4-16(5-8-18)14(21)15(2,22)6-9-23-16/h10-11,14,21-22H,3-9H2,1-2H3/t14-,15+/m0/s1. The lowest BCUT2D eigenvalue weighted by Gasteiger charge is -2.51. The highest BCUT2D eigenvalue weighted by atomic mass is 16.5. The molecule has 2 aliphatic rings. The Labute approximate surface area is 135 Å². The van der Waals surface area contributed by atoms with Crippen LogP contribution in [0.3, 0.4) is 0 Å². The van der Waals surface area contributed by atoms with Crippen molar-refractivity contribution >= 4 is 5.91 Å². The molecule has 0 unspecified atom stereocenters. The summed E-state index contributed by atoms with van der Waals surface area (Å²) in [6, 6.07) is 0. The van der Waals surface area contributed by atoms with Crippen LogP contribution in [0.4, 0.5) is 0 Å². The first-order valence-corrected chi connectivity index (χ1v) is 8.24. The highest BCUT2D eigenvalue weighted by Gasteiger charge is 2.52. The van der Waals surface area contributed by atoms with Crippen LogP contribution >= 0.6 is 0 Å². The summed E-state index contributed by atoms with van der Waals surface area (Å²) in [7, 11) is 0. The van der Waals surface area contributed by atoms with Crippen molar-refractivity contribution in [3.63, 3.8) is 0 Å². The molecule has 23 heavy (non-hydrogen) atoms. The molecule has 1 spiro atoms. The van der Waals surface area contributed by atoms with Crippen molar-refractivity contribution in [2.24, 2.45) is 0 Å². The third-order valence-electron chi connectivity index (χ3n) is 5.19. The highest BCUT2D eigenvalue weighted by molar-refractivity contribution is 5.93. The van der Waals surface area contributed by atoms with Crippen LogP contribution in [0, 0.1) is 0 Å². The van der Waals surface area contributed by atoms with E-state index in [4.69, 9.17) is 4.74 Å². The molecule has 1 amide bonds. The molecule has 2 saturated heterocycles. The minimum absolute atomic E-state index is 0.0448. The van der Waals surface area contributed by atoms with E-state index in [-0.39, 0.29) is 5.91 Å². The number of hydrogen-bond donors (Lipinski definition) is 2. The fourth-order valence-electron chi connectivity index (χ4n) is 3.58. The van der Waals surface area contributed by atoms with Crippen LogP contribution in [0.5, 0.6) is 0 Å². The maximum absolute atomic E-state index is 12.5. The molecule has 7 nitrogen and oxygen atoms in total. The topological polar surface area (TPSA) is 87.8 Å². The minimum Gasteiger partial charge on any atom is -0.387 e. The summed E-state index contributed by atoms with van der Waals surface area (Å²) in [5, 5.41) is 25.0. The van der Waals surface area contributed by atoms with Crippen LogP contribution in [0.25, 0.3) is 0 Å². The number of likely N-dealkylation sites (tertiary alicyclic amines) is 1. The van der Waals surface area contributed by atoms with E-state index in [0.717, 1.165) is 6.54 Å². The fourth-order valence-corrected chi connectivity index (χ4v) is 3.58. The van der Waals surface area contributed by atoms with E-state index in [2.05, 4.69) is 5.10 Å². The second-order valence-electron chi connectivity index (χ2n) is 6.80. The number of hydrogen-bond acceptors (Lipinski definition) is 5. The molecule has 0 aromatic carbocycles. The molecule has 1 aromatic heterocycles. The molecule has 1 aromatic rings. The Morgan fingerprint density at radius 3 is 2.74 bits per heavy atom. The largest absolute Gasteiger partial charge is 0.387 e. The molecule has 2 atom stereocenters. The number of ether oxygens (including phenoxy) is 1. The molecule has 2 fully saturated rings. The normalized spacial score (nSPS) is 30.6. The zero-order chi connectivity index (χ0) is 16.7. The Balaban J connectivity index is 1.67. The molecule has 3 rings (SSSR count). The van der Waals surface area contributed by atoms with Crippen LogP contribution in [0.1, 0.15) is 43.5 Å². The Hall–Kier alpha value is -1.44. The number of aliphatic hydroxyl groups is 2. The molecule has 0 saturated carbocycles. The zero-order valence-corrected chi connectivity index (χ0v) is 13.7. The molecule has 0 radical (unpaired) electrons. The average Bonchev–Trinajstić information content (AvgIpc) is 3.02. The third kappa shape index (κ3) is 2.88. The van der Waals surface area contributed by atoms with E-state index >= 15 is 0 Å². The summed E-state index contributed by atoms with van der Waals surface area (Å²) in [4.78, 5) is 14.3. The van der Waals surface area contributed by atoms with Gasteiger partial charge in [0.25, 0.3) is 5.91 Å². The van der Waals surface area contributed by atoms with Crippen LogP contribution in [-0.4, -0.2) is 67.8 Å². The number of nitrogens with zero attached hydrogens (tertiary/aromatic N) is 3. The number of rotatable bonds is 2. The average molecular weight is 323 g/mol. The van der Waals surface area contributed by atoms with Gasteiger partial charge >= 0.3 is 0 Å². The first kappa shape index (κ1) is 16.4. The van der Waals surface area contributed by atoms with Gasteiger partial charge in [-0.15, -0.1) is 0 Å². The molecule has 0 aliphatic carbocycles. The van der Waals surface area contributed by atoms with E-state index in [1.807, 2.05) is 6.92 Å². The lowest BCUT2D eigenvalue weighted by atomic mass is 9.75. The summed E-state index contributed by atoms with van der Waals surface area (Å²) in [5.41, 5.74) is -1.29. The Morgan fingerprint density at radius 2 is 2.13 bits per heavy atom. The van der Waals surface area contributed by atoms with Gasteiger partial charge in [-0.25, -0.2) is 0 Å². The van der Waals surface area contributed by atoms with Crippen molar-refractivity contribution in [2.45, 2.75) is 57.0 Å². The van der Waals surface area contributed by atoms with Crippen molar-refractivity contribution < 1.29 is 19.7 Å². The molecular formula is C16H25N3O4. The fraction of sp³-hybridized carbons (Fsp3) is 0.750. The monoisotopic (exact) mass is 323 g/mol. The van der Waals surface area contributed by atoms with Gasteiger partial charge in [0, 0.05) is 32.3 Å². The third-order valence-corrected chi connectivity index (χ3v) is 5.19. The number of carbonyl (C=O) groups is 1. The Kier molecular flexibility index (Phi) is 4.20. The van der Waals surface area contributed by atoms with Gasteiger partial charge in [-0.05, 0) is 26.7 Å². The van der Waals surface area contributed by atoms with E-state index in [1.165, 1.54) is 0 Å². The number of piperidine rings is 1. The molecule has 3 heterocycles. The van der Waals surface area contributed by atoms with Gasteiger partial charge in [0.1, 0.15) is 11.7 Å². The SMILES string of the molecule is CCn1cc(C(=O)N2CCC3(CC2)OCC[C@@](C)(O)[C@@H]3O)cn1. The number of carbonyl (C=O) groups excluding carboxylic acids is 1. The van der Waals surface area contributed by atoms with Gasteiger partial charge in [-0.2, -0.15) is 5.10 Å². The number of amides is 1. The molecule has 2 aliphatic heterocycles. The van der Waals surface area contributed by atoms with E-state index in [0.29, 0.717) is 44.5 Å². The summed E-state index contributed by atoms with van der Waals surface area (Å²) < 4.78 is 7.57. The van der Waals surface area contributed by atoms with E-state index in [9.17, 15) is 15.0 Å². The molecular weight excluding hydrogens is 298 g/mol.